The number of ether oxygens (including phenoxy) is 1. The highest BCUT2D eigenvalue weighted by molar-refractivity contribution is 8.76. The van der Waals surface area contributed by atoms with Gasteiger partial charge < -0.3 is 31.1 Å². The fraction of sp³-hybridized carbons (Fsp3) is 0.810. The van der Waals surface area contributed by atoms with Crippen LogP contribution >= 0.6 is 29.2 Å². The lowest BCUT2D eigenvalue weighted by Crippen LogP contribution is -2.32. The predicted molar refractivity (Wildman–Crippen MR) is 143 cm³/mol. The van der Waals surface area contributed by atoms with E-state index in [9.17, 15) is 19.4 Å². The number of unbranched alkanes of at least 4 members (excludes halogenated alkanes) is 7. The van der Waals surface area contributed by atoms with Crippen LogP contribution in [0.1, 0.15) is 64.7 Å². The van der Waals surface area contributed by atoms with Crippen LogP contribution in [0.4, 0.5) is 5.82 Å². The van der Waals surface area contributed by atoms with Crippen LogP contribution in [0.3, 0.4) is 0 Å². The molecule has 0 saturated carbocycles. The van der Waals surface area contributed by atoms with E-state index in [0.29, 0.717) is 6.42 Å². The molecule has 0 radical (unpaired) electrons. The number of hydrogen-bond acceptors (Lipinski definition) is 10. The largest absolute Gasteiger partial charge is 0.394 e. The third kappa shape index (κ3) is 16.9. The van der Waals surface area contributed by atoms with Crippen molar-refractivity contribution >= 4 is 35.0 Å². The highest BCUT2D eigenvalue weighted by Crippen LogP contribution is 2.42. The summed E-state index contributed by atoms with van der Waals surface area (Å²) >= 11 is 0. The molecule has 34 heavy (non-hydrogen) atoms. The Hall–Kier alpha value is -0.590. The summed E-state index contributed by atoms with van der Waals surface area (Å²) in [7, 11) is -0.343. The van der Waals surface area contributed by atoms with E-state index in [2.05, 4.69) is 11.9 Å². The molecule has 7 N–H and O–H groups in total. The van der Waals surface area contributed by atoms with Crippen molar-refractivity contribution in [1.82, 2.24) is 15.7 Å². The minimum atomic E-state index is -3.94. The Balaban J connectivity index is 0.0000109. The van der Waals surface area contributed by atoms with Crippen LogP contribution in [0.5, 0.6) is 0 Å². The lowest BCUT2D eigenvalue weighted by molar-refractivity contribution is 0.0168. The molecule has 0 aromatic carbocycles. The fourth-order valence-corrected chi connectivity index (χ4v) is 6.03. The van der Waals surface area contributed by atoms with E-state index in [1.54, 1.807) is 10.8 Å². The van der Waals surface area contributed by atoms with Gasteiger partial charge >= 0.3 is 13.3 Å². The SMILES string of the molecule is CCCCCCCCCCSSCCCOP(=O)(O)CO[C@H](CO)Cn1ccc(N)nc1=O.N. The van der Waals surface area contributed by atoms with Gasteiger partial charge in [-0.1, -0.05) is 73.5 Å². The summed E-state index contributed by atoms with van der Waals surface area (Å²) in [5, 5.41) is 9.44. The molecule has 200 valence electrons. The number of anilines is 1. The van der Waals surface area contributed by atoms with Gasteiger partial charge in [-0.25, -0.2) is 4.79 Å². The molecule has 0 aliphatic carbocycles. The summed E-state index contributed by atoms with van der Waals surface area (Å²) in [5.74, 6) is 2.06. The van der Waals surface area contributed by atoms with Gasteiger partial charge in [0.1, 0.15) is 12.2 Å². The highest BCUT2D eigenvalue weighted by atomic mass is 33.1. The monoisotopic (exact) mass is 542 g/mol. The molecule has 13 heteroatoms. The molecule has 0 aliphatic rings. The third-order valence-electron chi connectivity index (χ3n) is 4.80. The lowest BCUT2D eigenvalue weighted by atomic mass is 10.1. The Morgan fingerprint density at radius 1 is 1.12 bits per heavy atom. The summed E-state index contributed by atoms with van der Waals surface area (Å²) in [6.45, 7) is 1.95. The second-order valence-electron chi connectivity index (χ2n) is 7.83. The number of rotatable bonds is 21. The number of nitrogens with zero attached hydrogens (tertiary/aromatic N) is 2. The zero-order chi connectivity index (χ0) is 24.4. The first-order chi connectivity index (χ1) is 15.9. The molecule has 10 nitrogen and oxygen atoms in total. The van der Waals surface area contributed by atoms with Crippen LogP contribution in [-0.2, 0) is 20.4 Å². The van der Waals surface area contributed by atoms with E-state index in [1.165, 1.54) is 68.2 Å². The van der Waals surface area contributed by atoms with Crippen LogP contribution < -0.4 is 17.6 Å². The van der Waals surface area contributed by atoms with E-state index in [-0.39, 0.29) is 25.1 Å². The van der Waals surface area contributed by atoms with Crippen molar-refractivity contribution in [1.29, 1.82) is 0 Å². The first-order valence-corrected chi connectivity index (χ1v) is 15.9. The number of aromatic nitrogens is 2. The number of aliphatic hydroxyl groups excluding tert-OH is 1. The van der Waals surface area contributed by atoms with Crippen LogP contribution in [0.25, 0.3) is 0 Å². The van der Waals surface area contributed by atoms with E-state index in [0.717, 1.165) is 11.5 Å². The summed E-state index contributed by atoms with van der Waals surface area (Å²) in [5.41, 5.74) is 4.85. The zero-order valence-corrected chi connectivity index (χ0v) is 22.8. The Kier molecular flexibility index (Phi) is 20.2. The minimum absolute atomic E-state index is 0. The standard InChI is InChI=1S/C21H40N3O6PS2.H3N/c1-2-3-4-5-6-7-8-9-14-32-33-15-10-13-30-31(27,28)18-29-19(17-25)16-24-12-11-20(22)23-21(24)26;/h11-12,19,25H,2-10,13-18H2,1H3,(H,27,28)(H2,22,23,26);1H3/t19-;/m0./s1. The van der Waals surface area contributed by atoms with Crippen molar-refractivity contribution in [2.24, 2.45) is 0 Å². The van der Waals surface area contributed by atoms with Gasteiger partial charge in [0.15, 0.2) is 0 Å². The van der Waals surface area contributed by atoms with E-state index in [1.807, 2.05) is 10.8 Å². The molecule has 1 aromatic rings. The lowest BCUT2D eigenvalue weighted by Gasteiger charge is -2.19. The van der Waals surface area contributed by atoms with Crippen molar-refractivity contribution in [3.63, 3.8) is 0 Å². The molecule has 0 fully saturated rings. The fourth-order valence-electron chi connectivity index (χ4n) is 2.94. The van der Waals surface area contributed by atoms with E-state index in [4.69, 9.17) is 15.0 Å². The Morgan fingerprint density at radius 2 is 1.74 bits per heavy atom. The van der Waals surface area contributed by atoms with Crippen molar-refractivity contribution in [2.75, 3.05) is 36.8 Å². The molecule has 2 atom stereocenters. The molecule has 1 aromatic heterocycles. The van der Waals surface area contributed by atoms with Gasteiger partial charge in [0, 0.05) is 17.7 Å². The summed E-state index contributed by atoms with van der Waals surface area (Å²) in [4.78, 5) is 25.3. The zero-order valence-electron chi connectivity index (χ0n) is 20.3. The van der Waals surface area contributed by atoms with Crippen molar-refractivity contribution in [3.05, 3.63) is 22.7 Å². The van der Waals surface area contributed by atoms with Gasteiger partial charge in [0.05, 0.1) is 25.9 Å². The number of aliphatic hydroxyl groups is 1. The molecule has 1 unspecified atom stereocenters. The highest BCUT2D eigenvalue weighted by Gasteiger charge is 2.22. The normalized spacial score (nSPS) is 13.9. The van der Waals surface area contributed by atoms with Crippen LogP contribution in [0, 0.1) is 0 Å². The topological polar surface area (TPSA) is 172 Å². The van der Waals surface area contributed by atoms with E-state index < -0.39 is 32.3 Å². The molecule has 0 spiro atoms. The molecule has 1 heterocycles. The summed E-state index contributed by atoms with van der Waals surface area (Å²) < 4.78 is 23.7. The summed E-state index contributed by atoms with van der Waals surface area (Å²) in [6, 6.07) is 1.45. The van der Waals surface area contributed by atoms with Gasteiger partial charge in [0.2, 0.25) is 0 Å². The first kappa shape index (κ1) is 33.4. The van der Waals surface area contributed by atoms with E-state index >= 15 is 0 Å². The molecular weight excluding hydrogens is 499 g/mol. The maximum Gasteiger partial charge on any atom is 0.353 e. The summed E-state index contributed by atoms with van der Waals surface area (Å²) in [6.07, 6.45) is 11.2. The second-order valence-corrected chi connectivity index (χ2v) is 12.3. The maximum atomic E-state index is 12.1. The van der Waals surface area contributed by atoms with Gasteiger partial charge in [0.25, 0.3) is 0 Å². The van der Waals surface area contributed by atoms with Gasteiger partial charge in [-0.15, -0.1) is 0 Å². The maximum absolute atomic E-state index is 12.1. The second kappa shape index (κ2) is 20.6. The molecule has 0 amide bonds. The van der Waals surface area contributed by atoms with Gasteiger partial charge in [-0.2, -0.15) is 4.98 Å². The van der Waals surface area contributed by atoms with Gasteiger partial charge in [-0.05, 0) is 18.9 Å². The average molecular weight is 543 g/mol. The molecule has 0 aliphatic heterocycles. The number of nitrogen functional groups attached to an aromatic ring is 1. The van der Waals surface area contributed by atoms with Crippen molar-refractivity contribution in [2.45, 2.75) is 77.4 Å². The molecule has 0 saturated heterocycles. The Bertz CT molecular complexity index is 743. The minimum Gasteiger partial charge on any atom is -0.394 e. The molecule has 0 bridgehead atoms. The number of hydrogen-bond donors (Lipinski definition) is 4. The van der Waals surface area contributed by atoms with Crippen LogP contribution in [-0.4, -0.2) is 56.7 Å². The molecular formula is C21H43N4O6PS2. The first-order valence-electron chi connectivity index (χ1n) is 11.6. The van der Waals surface area contributed by atoms with Crippen molar-refractivity contribution < 1.29 is 23.8 Å². The molecule has 1 rings (SSSR count). The van der Waals surface area contributed by atoms with Crippen LogP contribution in [0.2, 0.25) is 0 Å². The smallest absolute Gasteiger partial charge is 0.353 e. The van der Waals surface area contributed by atoms with Gasteiger partial charge in [-0.3, -0.25) is 9.13 Å². The average Bonchev–Trinajstić information content (AvgIpc) is 2.78. The number of nitrogens with two attached hydrogens (primary N) is 1. The quantitative estimate of drug-likeness (QED) is 0.0983. The third-order valence-corrected chi connectivity index (χ3v) is 8.44. The predicted octanol–water partition coefficient (Wildman–Crippen LogP) is 4.44. The Morgan fingerprint density at radius 3 is 2.35 bits per heavy atom. The van der Waals surface area contributed by atoms with Crippen LogP contribution in [0.15, 0.2) is 17.1 Å². The Labute approximate surface area is 211 Å². The van der Waals surface area contributed by atoms with Crippen molar-refractivity contribution in [3.8, 4) is 0 Å².